The first-order valence-electron chi connectivity index (χ1n) is 5.85. The minimum atomic E-state index is -0.0735. The third-order valence-corrected chi connectivity index (χ3v) is 2.87. The number of aromatic nitrogens is 1. The van der Waals surface area contributed by atoms with Crippen LogP contribution in [-0.2, 0) is 7.05 Å². The number of aromatic hydroxyl groups is 1. The fraction of sp³-hybridized carbons (Fsp3) is 0.214. The summed E-state index contributed by atoms with van der Waals surface area (Å²) in [5.74, 6) is 0.0845. The van der Waals surface area contributed by atoms with Gasteiger partial charge in [0.25, 0.3) is 5.91 Å². The Labute approximate surface area is 106 Å². The highest BCUT2D eigenvalue weighted by Crippen LogP contribution is 2.21. The molecule has 4 heteroatoms. The van der Waals surface area contributed by atoms with Crippen LogP contribution in [0.3, 0.4) is 0 Å². The summed E-state index contributed by atoms with van der Waals surface area (Å²) >= 11 is 0. The van der Waals surface area contributed by atoms with Gasteiger partial charge in [0.15, 0.2) is 0 Å². The Balaban J connectivity index is 2.35. The van der Waals surface area contributed by atoms with Crippen LogP contribution in [0, 0.1) is 0 Å². The van der Waals surface area contributed by atoms with E-state index in [2.05, 4.69) is 0 Å². The van der Waals surface area contributed by atoms with Gasteiger partial charge in [-0.15, -0.1) is 0 Å². The molecule has 1 amide bonds. The van der Waals surface area contributed by atoms with Crippen molar-refractivity contribution in [1.29, 1.82) is 0 Å². The molecule has 0 unspecified atom stereocenters. The van der Waals surface area contributed by atoms with Gasteiger partial charge in [-0.25, -0.2) is 0 Å². The molecule has 0 bridgehead atoms. The smallest absolute Gasteiger partial charge is 0.274 e. The number of aryl methyl sites for hydroxylation is 1. The van der Waals surface area contributed by atoms with Crippen LogP contribution < -0.4 is 4.90 Å². The van der Waals surface area contributed by atoms with Crippen LogP contribution >= 0.6 is 0 Å². The number of carbonyl (C=O) groups excluding carboxylic acids is 1. The molecule has 0 spiro atoms. The van der Waals surface area contributed by atoms with Crippen LogP contribution in [0.5, 0.6) is 5.75 Å². The number of rotatable bonds is 3. The van der Waals surface area contributed by atoms with Crippen LogP contribution in [0.15, 0.2) is 42.6 Å². The van der Waals surface area contributed by atoms with E-state index in [9.17, 15) is 9.90 Å². The molecule has 0 saturated heterocycles. The van der Waals surface area contributed by atoms with E-state index < -0.39 is 0 Å². The van der Waals surface area contributed by atoms with Gasteiger partial charge in [0.2, 0.25) is 0 Å². The van der Waals surface area contributed by atoms with Crippen LogP contribution in [0.1, 0.15) is 17.4 Å². The second-order valence-corrected chi connectivity index (χ2v) is 4.07. The van der Waals surface area contributed by atoms with Gasteiger partial charge in [-0.05, 0) is 31.2 Å². The standard InChI is InChI=1S/C14H16N2O2/c1-3-16(11-6-4-7-12(17)10-11)14(18)13-8-5-9-15(13)2/h4-10,17H,3H2,1-2H3. The lowest BCUT2D eigenvalue weighted by atomic mass is 10.2. The first-order chi connectivity index (χ1) is 8.63. The van der Waals surface area contributed by atoms with Crippen LogP contribution in [0.25, 0.3) is 0 Å². The molecule has 2 rings (SSSR count). The number of benzene rings is 1. The van der Waals surface area contributed by atoms with Gasteiger partial charge in [0, 0.05) is 31.5 Å². The molecule has 2 aromatic rings. The van der Waals surface area contributed by atoms with Gasteiger partial charge in [0.1, 0.15) is 11.4 Å². The van der Waals surface area contributed by atoms with E-state index in [1.54, 1.807) is 33.7 Å². The summed E-state index contributed by atoms with van der Waals surface area (Å²) < 4.78 is 1.79. The summed E-state index contributed by atoms with van der Waals surface area (Å²) in [6.45, 7) is 2.46. The highest BCUT2D eigenvalue weighted by molar-refractivity contribution is 6.05. The Morgan fingerprint density at radius 1 is 1.33 bits per heavy atom. The number of carbonyl (C=O) groups is 1. The zero-order valence-electron chi connectivity index (χ0n) is 10.5. The molecule has 0 aliphatic heterocycles. The topological polar surface area (TPSA) is 45.5 Å². The van der Waals surface area contributed by atoms with Crippen molar-refractivity contribution in [2.45, 2.75) is 6.92 Å². The van der Waals surface area contributed by atoms with Crippen molar-refractivity contribution in [1.82, 2.24) is 4.57 Å². The number of phenolic OH excluding ortho intramolecular Hbond substituents is 1. The van der Waals surface area contributed by atoms with Crippen LogP contribution in [-0.4, -0.2) is 22.1 Å². The van der Waals surface area contributed by atoms with Crippen LogP contribution in [0.4, 0.5) is 5.69 Å². The summed E-state index contributed by atoms with van der Waals surface area (Å²) in [7, 11) is 1.84. The van der Waals surface area contributed by atoms with Crippen LogP contribution in [0.2, 0.25) is 0 Å². The van der Waals surface area contributed by atoms with E-state index >= 15 is 0 Å². The molecule has 0 aliphatic rings. The van der Waals surface area contributed by atoms with Gasteiger partial charge in [-0.3, -0.25) is 4.79 Å². The van der Waals surface area contributed by atoms with E-state index in [0.717, 1.165) is 0 Å². The van der Waals surface area contributed by atoms with Crippen molar-refractivity contribution in [3.63, 3.8) is 0 Å². The van der Waals surface area contributed by atoms with E-state index in [-0.39, 0.29) is 11.7 Å². The SMILES string of the molecule is CCN(C(=O)c1cccn1C)c1cccc(O)c1. The lowest BCUT2D eigenvalue weighted by Crippen LogP contribution is -2.31. The normalized spacial score (nSPS) is 10.3. The minimum absolute atomic E-state index is 0.0735. The second-order valence-electron chi connectivity index (χ2n) is 4.07. The Morgan fingerprint density at radius 3 is 2.67 bits per heavy atom. The molecule has 1 heterocycles. The highest BCUT2D eigenvalue weighted by atomic mass is 16.3. The largest absolute Gasteiger partial charge is 0.508 e. The number of nitrogens with zero attached hydrogens (tertiary/aromatic N) is 2. The van der Waals surface area contributed by atoms with Crippen molar-refractivity contribution in [3.05, 3.63) is 48.3 Å². The summed E-state index contributed by atoms with van der Waals surface area (Å²) in [4.78, 5) is 14.0. The molecule has 94 valence electrons. The number of hydrogen-bond donors (Lipinski definition) is 1. The van der Waals surface area contributed by atoms with Crippen molar-refractivity contribution in [2.75, 3.05) is 11.4 Å². The quantitative estimate of drug-likeness (QED) is 0.901. The minimum Gasteiger partial charge on any atom is -0.508 e. The number of anilines is 1. The molecule has 0 atom stereocenters. The maximum absolute atomic E-state index is 12.4. The van der Waals surface area contributed by atoms with Gasteiger partial charge >= 0.3 is 0 Å². The zero-order valence-corrected chi connectivity index (χ0v) is 10.5. The predicted molar refractivity (Wildman–Crippen MR) is 70.9 cm³/mol. The van der Waals surface area contributed by atoms with Crippen molar-refractivity contribution in [3.8, 4) is 5.75 Å². The molecule has 0 aliphatic carbocycles. The predicted octanol–water partition coefficient (Wildman–Crippen LogP) is 2.40. The second kappa shape index (κ2) is 4.96. The first-order valence-corrected chi connectivity index (χ1v) is 5.85. The Kier molecular flexibility index (Phi) is 3.37. The summed E-state index contributed by atoms with van der Waals surface area (Å²) in [5, 5.41) is 9.48. The van der Waals surface area contributed by atoms with Gasteiger partial charge in [-0.2, -0.15) is 0 Å². The van der Waals surface area contributed by atoms with Gasteiger partial charge in [0.05, 0.1) is 0 Å². The van der Waals surface area contributed by atoms with E-state index in [4.69, 9.17) is 0 Å². The molecule has 0 saturated carbocycles. The van der Waals surface area contributed by atoms with Gasteiger partial charge < -0.3 is 14.6 Å². The Bertz CT molecular complexity index is 560. The van der Waals surface area contributed by atoms with E-state index in [0.29, 0.717) is 17.9 Å². The van der Waals surface area contributed by atoms with Crippen molar-refractivity contribution < 1.29 is 9.90 Å². The average Bonchev–Trinajstić information content (AvgIpc) is 2.76. The molecule has 1 aromatic heterocycles. The molecule has 4 nitrogen and oxygen atoms in total. The van der Waals surface area contributed by atoms with Crippen molar-refractivity contribution >= 4 is 11.6 Å². The monoisotopic (exact) mass is 244 g/mol. The zero-order chi connectivity index (χ0) is 13.1. The molecule has 1 aromatic carbocycles. The maximum Gasteiger partial charge on any atom is 0.274 e. The summed E-state index contributed by atoms with van der Waals surface area (Å²) in [6.07, 6.45) is 1.84. The van der Waals surface area contributed by atoms with E-state index in [1.165, 1.54) is 0 Å². The lowest BCUT2D eigenvalue weighted by Gasteiger charge is -2.21. The average molecular weight is 244 g/mol. The Morgan fingerprint density at radius 2 is 2.11 bits per heavy atom. The molecular formula is C14H16N2O2. The molecule has 1 N–H and O–H groups in total. The number of phenols is 1. The maximum atomic E-state index is 12.4. The fourth-order valence-corrected chi connectivity index (χ4v) is 1.93. The van der Waals surface area contributed by atoms with Crippen molar-refractivity contribution in [2.24, 2.45) is 7.05 Å². The number of amides is 1. The summed E-state index contributed by atoms with van der Waals surface area (Å²) in [5.41, 5.74) is 1.32. The molecular weight excluding hydrogens is 228 g/mol. The highest BCUT2D eigenvalue weighted by Gasteiger charge is 2.18. The lowest BCUT2D eigenvalue weighted by molar-refractivity contribution is 0.0980. The fourth-order valence-electron chi connectivity index (χ4n) is 1.93. The third-order valence-electron chi connectivity index (χ3n) is 2.87. The molecule has 18 heavy (non-hydrogen) atoms. The molecule has 0 radical (unpaired) electrons. The van der Waals surface area contributed by atoms with Gasteiger partial charge in [-0.1, -0.05) is 6.07 Å². The first kappa shape index (κ1) is 12.2. The van der Waals surface area contributed by atoms with E-state index in [1.807, 2.05) is 32.3 Å². The Hall–Kier alpha value is -2.23. The third kappa shape index (κ3) is 2.22. The summed E-state index contributed by atoms with van der Waals surface area (Å²) in [6, 6.07) is 10.3. The molecule has 0 fully saturated rings. The number of hydrogen-bond acceptors (Lipinski definition) is 2.